The second-order valence-electron chi connectivity index (χ2n) is 8.02. The molecule has 0 aliphatic carbocycles. The van der Waals surface area contributed by atoms with Gasteiger partial charge in [0.15, 0.2) is 0 Å². The fraction of sp³-hybridized carbons (Fsp3) is 0.103. The molecular formula is C29H22Br2N2O2. The molecule has 4 aromatic rings. The van der Waals surface area contributed by atoms with Gasteiger partial charge in [0.25, 0.3) is 5.91 Å². The summed E-state index contributed by atoms with van der Waals surface area (Å²) in [7, 11) is 0. The molecule has 1 N–H and O–H groups in total. The van der Waals surface area contributed by atoms with E-state index in [4.69, 9.17) is 4.74 Å². The number of fused-ring (bicyclic) bond motifs is 1. The van der Waals surface area contributed by atoms with Crippen LogP contribution in [0.5, 0.6) is 5.75 Å². The molecule has 4 nitrogen and oxygen atoms in total. The molecule has 0 aromatic heterocycles. The molecule has 0 aliphatic rings. The van der Waals surface area contributed by atoms with Crippen molar-refractivity contribution in [3.05, 3.63) is 116 Å². The molecule has 0 fully saturated rings. The number of nitrogens with one attached hydrogen (secondary N) is 1. The molecule has 4 rings (SSSR count). The Hall–Kier alpha value is -3.40. The van der Waals surface area contributed by atoms with E-state index in [1.807, 2.05) is 73.7 Å². The quantitative estimate of drug-likeness (QED) is 0.177. The number of carbonyl (C=O) groups is 1. The highest BCUT2D eigenvalue weighted by molar-refractivity contribution is 9.11. The van der Waals surface area contributed by atoms with Crippen LogP contribution in [-0.4, -0.2) is 5.91 Å². The highest BCUT2D eigenvalue weighted by Gasteiger charge is 2.15. The van der Waals surface area contributed by atoms with Crippen LogP contribution in [0.3, 0.4) is 0 Å². The summed E-state index contributed by atoms with van der Waals surface area (Å²) in [5, 5.41) is 14.8. The Morgan fingerprint density at radius 3 is 2.37 bits per heavy atom. The van der Waals surface area contributed by atoms with Gasteiger partial charge in [0.2, 0.25) is 0 Å². The standard InChI is InChI=1S/C29H22Br2N2O2/c1-19(21-8-3-2-4-9-21)33-29(34)24(17-32)14-20-15-26(30)28(27(31)16-20)35-18-23-12-7-11-22-10-5-6-13-25(22)23/h2-16,19H,18H2,1H3,(H,33,34)/b24-14-/t19-/m1/s1. The van der Waals surface area contributed by atoms with Crippen molar-refractivity contribution < 1.29 is 9.53 Å². The van der Waals surface area contributed by atoms with Crippen molar-refractivity contribution in [1.29, 1.82) is 5.26 Å². The number of halogens is 2. The van der Waals surface area contributed by atoms with Crippen LogP contribution < -0.4 is 10.1 Å². The summed E-state index contributed by atoms with van der Waals surface area (Å²) >= 11 is 7.15. The third kappa shape index (κ3) is 6.00. The zero-order chi connectivity index (χ0) is 24.8. The topological polar surface area (TPSA) is 62.1 Å². The minimum atomic E-state index is -0.424. The van der Waals surface area contributed by atoms with Crippen molar-refractivity contribution >= 4 is 54.6 Å². The van der Waals surface area contributed by atoms with Crippen molar-refractivity contribution in [1.82, 2.24) is 5.32 Å². The Kier molecular flexibility index (Phi) is 8.02. The lowest BCUT2D eigenvalue weighted by Gasteiger charge is -2.14. The second-order valence-corrected chi connectivity index (χ2v) is 9.72. The van der Waals surface area contributed by atoms with Gasteiger partial charge in [0, 0.05) is 0 Å². The Bertz CT molecular complexity index is 1410. The van der Waals surface area contributed by atoms with E-state index in [9.17, 15) is 10.1 Å². The monoisotopic (exact) mass is 588 g/mol. The lowest BCUT2D eigenvalue weighted by molar-refractivity contribution is -0.117. The van der Waals surface area contributed by atoms with E-state index < -0.39 is 5.91 Å². The van der Waals surface area contributed by atoms with Gasteiger partial charge < -0.3 is 10.1 Å². The fourth-order valence-corrected chi connectivity index (χ4v) is 5.23. The van der Waals surface area contributed by atoms with Crippen molar-refractivity contribution in [2.45, 2.75) is 19.6 Å². The maximum absolute atomic E-state index is 12.7. The first-order chi connectivity index (χ1) is 17.0. The van der Waals surface area contributed by atoms with Crippen LogP contribution in [-0.2, 0) is 11.4 Å². The SMILES string of the molecule is C[C@@H](NC(=O)/C(C#N)=C\c1cc(Br)c(OCc2cccc3ccccc23)c(Br)c1)c1ccccc1. The average molecular weight is 590 g/mol. The van der Waals surface area contributed by atoms with Gasteiger partial charge in [-0.3, -0.25) is 4.79 Å². The van der Waals surface area contributed by atoms with Gasteiger partial charge >= 0.3 is 0 Å². The Morgan fingerprint density at radius 2 is 1.66 bits per heavy atom. The Labute approximate surface area is 221 Å². The van der Waals surface area contributed by atoms with E-state index in [-0.39, 0.29) is 11.6 Å². The van der Waals surface area contributed by atoms with Crippen molar-refractivity contribution in [2.75, 3.05) is 0 Å². The number of amides is 1. The molecule has 0 spiro atoms. The molecule has 0 saturated carbocycles. The van der Waals surface area contributed by atoms with E-state index in [1.54, 1.807) is 6.08 Å². The van der Waals surface area contributed by atoms with Crippen LogP contribution in [0.25, 0.3) is 16.8 Å². The van der Waals surface area contributed by atoms with Crippen LogP contribution in [0.2, 0.25) is 0 Å². The van der Waals surface area contributed by atoms with Crippen LogP contribution in [0.4, 0.5) is 0 Å². The second kappa shape index (κ2) is 11.4. The summed E-state index contributed by atoms with van der Waals surface area (Å²) in [5.74, 6) is 0.225. The minimum Gasteiger partial charge on any atom is -0.487 e. The Morgan fingerprint density at radius 1 is 1.00 bits per heavy atom. The number of nitrogens with zero attached hydrogens (tertiary/aromatic N) is 1. The Balaban J connectivity index is 1.51. The van der Waals surface area contributed by atoms with Gasteiger partial charge in [0.05, 0.1) is 15.0 Å². The average Bonchev–Trinajstić information content (AvgIpc) is 2.87. The summed E-state index contributed by atoms with van der Waals surface area (Å²) < 4.78 is 7.57. The highest BCUT2D eigenvalue weighted by atomic mass is 79.9. The van der Waals surface area contributed by atoms with Crippen LogP contribution in [0.1, 0.15) is 29.7 Å². The molecule has 1 amide bonds. The number of nitriles is 1. The number of carbonyl (C=O) groups excluding carboxylic acids is 1. The first-order valence-electron chi connectivity index (χ1n) is 11.0. The zero-order valence-corrected chi connectivity index (χ0v) is 22.1. The predicted molar refractivity (Wildman–Crippen MR) is 147 cm³/mol. The maximum atomic E-state index is 12.7. The van der Waals surface area contributed by atoms with Gasteiger partial charge in [-0.25, -0.2) is 0 Å². The molecule has 6 heteroatoms. The molecule has 0 bridgehead atoms. The molecule has 1 atom stereocenters. The first-order valence-corrected chi connectivity index (χ1v) is 12.6. The normalized spacial score (nSPS) is 12.1. The third-order valence-corrected chi connectivity index (χ3v) is 6.77. The third-order valence-electron chi connectivity index (χ3n) is 5.60. The molecular weight excluding hydrogens is 568 g/mol. The number of rotatable bonds is 7. The lowest BCUT2D eigenvalue weighted by Crippen LogP contribution is -2.27. The van der Waals surface area contributed by atoms with Gasteiger partial charge in [-0.15, -0.1) is 0 Å². The number of ether oxygens (including phenoxy) is 1. The summed E-state index contributed by atoms with van der Waals surface area (Å²) in [5.41, 5.74) is 2.77. The molecule has 0 unspecified atom stereocenters. The summed E-state index contributed by atoms with van der Waals surface area (Å²) in [6.07, 6.45) is 1.57. The summed E-state index contributed by atoms with van der Waals surface area (Å²) in [4.78, 5) is 12.7. The first kappa shape index (κ1) is 24.7. The summed E-state index contributed by atoms with van der Waals surface area (Å²) in [6, 6.07) is 29.4. The molecule has 0 aliphatic heterocycles. The molecule has 0 saturated heterocycles. The van der Waals surface area contributed by atoms with E-state index >= 15 is 0 Å². The van der Waals surface area contributed by atoms with Gasteiger partial charge in [-0.2, -0.15) is 5.26 Å². The minimum absolute atomic E-state index is 0.0241. The van der Waals surface area contributed by atoms with Crippen LogP contribution in [0, 0.1) is 11.3 Å². The molecule has 0 heterocycles. The molecule has 4 aromatic carbocycles. The highest BCUT2D eigenvalue weighted by Crippen LogP contribution is 2.36. The molecule has 174 valence electrons. The molecule has 0 radical (unpaired) electrons. The van der Waals surface area contributed by atoms with E-state index in [1.165, 1.54) is 0 Å². The van der Waals surface area contributed by atoms with Gasteiger partial charge in [0.1, 0.15) is 24.0 Å². The van der Waals surface area contributed by atoms with Crippen molar-refractivity contribution in [3.63, 3.8) is 0 Å². The number of benzene rings is 4. The van der Waals surface area contributed by atoms with Crippen LogP contribution >= 0.6 is 31.9 Å². The summed E-state index contributed by atoms with van der Waals surface area (Å²) in [6.45, 7) is 2.29. The zero-order valence-electron chi connectivity index (χ0n) is 19.0. The van der Waals surface area contributed by atoms with Gasteiger partial charge in [-0.05, 0) is 84.5 Å². The van der Waals surface area contributed by atoms with E-state index in [0.29, 0.717) is 26.9 Å². The van der Waals surface area contributed by atoms with Gasteiger partial charge in [-0.1, -0.05) is 72.8 Å². The number of hydrogen-bond acceptors (Lipinski definition) is 3. The lowest BCUT2D eigenvalue weighted by atomic mass is 10.1. The largest absolute Gasteiger partial charge is 0.487 e. The fourth-order valence-electron chi connectivity index (χ4n) is 3.78. The van der Waals surface area contributed by atoms with Crippen molar-refractivity contribution in [2.24, 2.45) is 0 Å². The predicted octanol–water partition coefficient (Wildman–Crippen LogP) is 7.73. The number of hydrogen-bond donors (Lipinski definition) is 1. The van der Waals surface area contributed by atoms with Crippen LogP contribution in [0.15, 0.2) is 99.4 Å². The molecule has 35 heavy (non-hydrogen) atoms. The van der Waals surface area contributed by atoms with E-state index in [0.717, 1.165) is 21.9 Å². The maximum Gasteiger partial charge on any atom is 0.262 e. The van der Waals surface area contributed by atoms with Crippen molar-refractivity contribution in [3.8, 4) is 11.8 Å². The van der Waals surface area contributed by atoms with E-state index in [2.05, 4.69) is 61.4 Å². The smallest absolute Gasteiger partial charge is 0.262 e.